The first-order chi connectivity index (χ1) is 8.20. The van der Waals surface area contributed by atoms with Gasteiger partial charge in [-0.25, -0.2) is 0 Å². The van der Waals surface area contributed by atoms with E-state index in [0.717, 1.165) is 27.5 Å². The lowest BCUT2D eigenvalue weighted by atomic mass is 10.1. The number of nitrogens with one attached hydrogen (secondary N) is 1. The van der Waals surface area contributed by atoms with Gasteiger partial charge in [0, 0.05) is 28.0 Å². The number of hydrogen-bond acceptors (Lipinski definition) is 1. The Balaban J connectivity index is 1.93. The van der Waals surface area contributed by atoms with Crippen LogP contribution in [0.4, 0.5) is 0 Å². The standard InChI is InChI=1S/C13H16BrCl2N/c14-11-5-4-10(12(16)6-11)8-17-13-3-1-2-9(13)7-15/h4-6,9,13,17H,1-3,7-8H2. The minimum atomic E-state index is 0.548. The van der Waals surface area contributed by atoms with Crippen LogP contribution in [0.15, 0.2) is 22.7 Å². The van der Waals surface area contributed by atoms with E-state index in [4.69, 9.17) is 23.2 Å². The van der Waals surface area contributed by atoms with Crippen LogP contribution in [0.25, 0.3) is 0 Å². The highest BCUT2D eigenvalue weighted by molar-refractivity contribution is 9.10. The molecule has 1 nitrogen and oxygen atoms in total. The summed E-state index contributed by atoms with van der Waals surface area (Å²) in [6, 6.07) is 6.57. The fraction of sp³-hybridized carbons (Fsp3) is 0.538. The summed E-state index contributed by atoms with van der Waals surface area (Å²) in [5.41, 5.74) is 1.15. The molecule has 94 valence electrons. The van der Waals surface area contributed by atoms with Crippen molar-refractivity contribution in [3.05, 3.63) is 33.3 Å². The topological polar surface area (TPSA) is 12.0 Å². The van der Waals surface area contributed by atoms with Crippen LogP contribution in [0.3, 0.4) is 0 Å². The molecule has 1 aromatic rings. The first kappa shape index (κ1) is 13.7. The van der Waals surface area contributed by atoms with Crippen LogP contribution < -0.4 is 5.32 Å². The summed E-state index contributed by atoms with van der Waals surface area (Å²) in [5.74, 6) is 1.37. The van der Waals surface area contributed by atoms with Crippen molar-refractivity contribution in [2.24, 2.45) is 5.92 Å². The molecule has 2 rings (SSSR count). The van der Waals surface area contributed by atoms with Crippen molar-refractivity contribution < 1.29 is 0 Å². The first-order valence-electron chi connectivity index (χ1n) is 5.94. The van der Waals surface area contributed by atoms with Gasteiger partial charge in [-0.1, -0.05) is 40.0 Å². The Kier molecular flexibility index (Phi) is 5.16. The minimum absolute atomic E-state index is 0.548. The van der Waals surface area contributed by atoms with Crippen molar-refractivity contribution in [1.82, 2.24) is 5.32 Å². The van der Waals surface area contributed by atoms with E-state index in [1.165, 1.54) is 19.3 Å². The van der Waals surface area contributed by atoms with E-state index in [2.05, 4.69) is 27.3 Å². The van der Waals surface area contributed by atoms with Crippen molar-refractivity contribution in [2.45, 2.75) is 31.8 Å². The maximum Gasteiger partial charge on any atom is 0.0462 e. The molecule has 4 heteroatoms. The molecule has 0 aromatic heterocycles. The third kappa shape index (κ3) is 3.60. The zero-order valence-corrected chi connectivity index (χ0v) is 12.7. The molecule has 1 aliphatic rings. The Bertz CT molecular complexity index is 384. The Morgan fingerprint density at radius 2 is 2.18 bits per heavy atom. The summed E-state index contributed by atoms with van der Waals surface area (Å²) in [6.45, 7) is 0.824. The highest BCUT2D eigenvalue weighted by atomic mass is 79.9. The molecule has 0 amide bonds. The van der Waals surface area contributed by atoms with E-state index in [-0.39, 0.29) is 0 Å². The van der Waals surface area contributed by atoms with Gasteiger partial charge in [0.15, 0.2) is 0 Å². The predicted molar refractivity (Wildman–Crippen MR) is 77.8 cm³/mol. The van der Waals surface area contributed by atoms with Gasteiger partial charge >= 0.3 is 0 Å². The van der Waals surface area contributed by atoms with Gasteiger partial charge < -0.3 is 5.32 Å². The first-order valence-corrected chi connectivity index (χ1v) is 7.64. The fourth-order valence-electron chi connectivity index (χ4n) is 2.40. The number of rotatable bonds is 4. The van der Waals surface area contributed by atoms with Crippen LogP contribution in [0, 0.1) is 5.92 Å². The lowest BCUT2D eigenvalue weighted by Crippen LogP contribution is -2.32. The molecule has 1 fully saturated rings. The van der Waals surface area contributed by atoms with Crippen molar-refractivity contribution in [2.75, 3.05) is 5.88 Å². The van der Waals surface area contributed by atoms with E-state index in [0.29, 0.717) is 12.0 Å². The SMILES string of the molecule is ClCC1CCCC1NCc1ccc(Br)cc1Cl. The Morgan fingerprint density at radius 1 is 1.35 bits per heavy atom. The Morgan fingerprint density at radius 3 is 2.88 bits per heavy atom. The Hall–Kier alpha value is 0.240. The molecule has 1 aliphatic carbocycles. The summed E-state index contributed by atoms with van der Waals surface area (Å²) >= 11 is 15.6. The van der Waals surface area contributed by atoms with Crippen LogP contribution >= 0.6 is 39.1 Å². The maximum absolute atomic E-state index is 6.19. The quantitative estimate of drug-likeness (QED) is 0.792. The van der Waals surface area contributed by atoms with Gasteiger partial charge in [-0.2, -0.15) is 0 Å². The number of hydrogen-bond donors (Lipinski definition) is 1. The van der Waals surface area contributed by atoms with E-state index < -0.39 is 0 Å². The highest BCUT2D eigenvalue weighted by Crippen LogP contribution is 2.27. The van der Waals surface area contributed by atoms with Crippen molar-refractivity contribution in [3.63, 3.8) is 0 Å². The molecule has 0 heterocycles. The van der Waals surface area contributed by atoms with Crippen molar-refractivity contribution in [1.29, 1.82) is 0 Å². The van der Waals surface area contributed by atoms with Gasteiger partial charge in [0.25, 0.3) is 0 Å². The van der Waals surface area contributed by atoms with E-state index in [1.807, 2.05) is 12.1 Å². The van der Waals surface area contributed by atoms with E-state index >= 15 is 0 Å². The molecule has 0 radical (unpaired) electrons. The molecular formula is C13H16BrCl2N. The second kappa shape index (κ2) is 6.42. The van der Waals surface area contributed by atoms with Gasteiger partial charge in [0.05, 0.1) is 0 Å². The molecule has 1 aromatic carbocycles. The average Bonchev–Trinajstić information content (AvgIpc) is 2.75. The molecule has 1 N–H and O–H groups in total. The van der Waals surface area contributed by atoms with Gasteiger partial charge in [-0.3, -0.25) is 0 Å². The highest BCUT2D eigenvalue weighted by Gasteiger charge is 2.25. The molecule has 17 heavy (non-hydrogen) atoms. The largest absolute Gasteiger partial charge is 0.310 e. The maximum atomic E-state index is 6.19. The average molecular weight is 337 g/mol. The van der Waals surface area contributed by atoms with Gasteiger partial charge in [-0.05, 0) is 36.5 Å². The summed E-state index contributed by atoms with van der Waals surface area (Å²) in [4.78, 5) is 0. The predicted octanol–water partition coefficient (Wildman–Crippen LogP) is 4.60. The summed E-state index contributed by atoms with van der Waals surface area (Å²) < 4.78 is 1.02. The molecular weight excluding hydrogens is 321 g/mol. The third-order valence-electron chi connectivity index (χ3n) is 3.43. The van der Waals surface area contributed by atoms with Crippen LogP contribution in [-0.4, -0.2) is 11.9 Å². The molecule has 0 saturated heterocycles. The zero-order valence-electron chi connectivity index (χ0n) is 9.56. The molecule has 2 unspecified atom stereocenters. The normalized spacial score (nSPS) is 24.2. The van der Waals surface area contributed by atoms with Crippen LogP contribution in [0.5, 0.6) is 0 Å². The lowest BCUT2D eigenvalue weighted by molar-refractivity contribution is 0.430. The third-order valence-corrected chi connectivity index (χ3v) is 4.67. The minimum Gasteiger partial charge on any atom is -0.310 e. The summed E-state index contributed by atoms with van der Waals surface area (Å²) in [6.07, 6.45) is 3.75. The van der Waals surface area contributed by atoms with Crippen LogP contribution in [0.1, 0.15) is 24.8 Å². The fourth-order valence-corrected chi connectivity index (χ4v) is 3.51. The summed E-state index contributed by atoms with van der Waals surface area (Å²) in [7, 11) is 0. The molecule has 1 saturated carbocycles. The van der Waals surface area contributed by atoms with Gasteiger partial charge in [-0.15, -0.1) is 11.6 Å². The number of halogens is 3. The summed E-state index contributed by atoms with van der Waals surface area (Å²) in [5, 5.41) is 4.39. The van der Waals surface area contributed by atoms with Gasteiger partial charge in [0.2, 0.25) is 0 Å². The molecule has 0 aliphatic heterocycles. The molecule has 0 spiro atoms. The number of benzene rings is 1. The monoisotopic (exact) mass is 335 g/mol. The second-order valence-electron chi connectivity index (χ2n) is 4.57. The Labute approximate surface area is 121 Å². The van der Waals surface area contributed by atoms with Crippen molar-refractivity contribution in [3.8, 4) is 0 Å². The van der Waals surface area contributed by atoms with E-state index in [9.17, 15) is 0 Å². The van der Waals surface area contributed by atoms with Crippen LogP contribution in [0.2, 0.25) is 5.02 Å². The smallest absolute Gasteiger partial charge is 0.0462 e. The zero-order chi connectivity index (χ0) is 12.3. The van der Waals surface area contributed by atoms with Gasteiger partial charge in [0.1, 0.15) is 0 Å². The molecule has 0 bridgehead atoms. The lowest BCUT2D eigenvalue weighted by Gasteiger charge is -2.19. The molecule has 2 atom stereocenters. The van der Waals surface area contributed by atoms with Crippen LogP contribution in [-0.2, 0) is 6.54 Å². The number of alkyl halides is 1. The van der Waals surface area contributed by atoms with Crippen molar-refractivity contribution >= 4 is 39.1 Å². The second-order valence-corrected chi connectivity index (χ2v) is 6.20. The van der Waals surface area contributed by atoms with E-state index in [1.54, 1.807) is 0 Å².